The van der Waals surface area contributed by atoms with Crippen LogP contribution < -0.4 is 0 Å². The highest BCUT2D eigenvalue weighted by Gasteiger charge is 2.35. The van der Waals surface area contributed by atoms with Crippen molar-refractivity contribution in [3.05, 3.63) is 46.6 Å². The first-order valence-electron chi connectivity index (χ1n) is 8.35. The Bertz CT molecular complexity index is 827. The van der Waals surface area contributed by atoms with Gasteiger partial charge in [-0.15, -0.1) is 0 Å². The van der Waals surface area contributed by atoms with Gasteiger partial charge in [0.2, 0.25) is 0 Å². The van der Waals surface area contributed by atoms with E-state index in [0.29, 0.717) is 6.42 Å². The fourth-order valence-electron chi connectivity index (χ4n) is 3.04. The van der Waals surface area contributed by atoms with Crippen molar-refractivity contribution in [2.45, 2.75) is 33.6 Å². The van der Waals surface area contributed by atoms with Gasteiger partial charge in [0.25, 0.3) is 0 Å². The third-order valence-electron chi connectivity index (χ3n) is 4.49. The van der Waals surface area contributed by atoms with Crippen LogP contribution in [0.25, 0.3) is 0 Å². The summed E-state index contributed by atoms with van der Waals surface area (Å²) in [6, 6.07) is 2.32. The predicted molar refractivity (Wildman–Crippen MR) is 95.5 cm³/mol. The first-order chi connectivity index (χ1) is 12.1. The summed E-state index contributed by atoms with van der Waals surface area (Å²) in [5.74, 6) is -4.05. The van der Waals surface area contributed by atoms with Crippen molar-refractivity contribution in [3.63, 3.8) is 0 Å². The molecule has 6 nitrogen and oxygen atoms in total. The second kappa shape index (κ2) is 7.56. The molecule has 0 heterocycles. The molecule has 0 aliphatic heterocycles. The zero-order valence-electron chi connectivity index (χ0n) is 14.9. The van der Waals surface area contributed by atoms with Crippen LogP contribution in [0.1, 0.15) is 54.3 Å². The summed E-state index contributed by atoms with van der Waals surface area (Å²) >= 11 is 0. The molecule has 138 valence electrons. The summed E-state index contributed by atoms with van der Waals surface area (Å²) in [5.41, 5.74) is 0.728. The monoisotopic (exact) mass is 358 g/mol. The quantitative estimate of drug-likeness (QED) is 0.530. The lowest BCUT2D eigenvalue weighted by molar-refractivity contribution is -0.141. The van der Waals surface area contributed by atoms with Crippen LogP contribution in [0.5, 0.6) is 11.5 Å². The molecule has 1 aromatic rings. The Morgan fingerprint density at radius 1 is 1.12 bits per heavy atom. The van der Waals surface area contributed by atoms with E-state index >= 15 is 0 Å². The van der Waals surface area contributed by atoms with Crippen LogP contribution in [0.15, 0.2) is 35.4 Å². The lowest BCUT2D eigenvalue weighted by Crippen LogP contribution is -2.25. The predicted octanol–water partition coefficient (Wildman–Crippen LogP) is 3.49. The molecule has 0 fully saturated rings. The second-order valence-electron chi connectivity index (χ2n) is 6.84. The van der Waals surface area contributed by atoms with Gasteiger partial charge in [0.15, 0.2) is 11.6 Å². The van der Waals surface area contributed by atoms with Crippen LogP contribution in [-0.4, -0.2) is 32.9 Å². The van der Waals surface area contributed by atoms with Crippen molar-refractivity contribution in [2.24, 2.45) is 11.8 Å². The van der Waals surface area contributed by atoms with Crippen molar-refractivity contribution < 1.29 is 29.7 Å². The Morgan fingerprint density at radius 3 is 2.23 bits per heavy atom. The average Bonchev–Trinajstić information content (AvgIpc) is 2.56. The van der Waals surface area contributed by atoms with E-state index in [1.807, 2.05) is 19.9 Å². The fourth-order valence-corrected chi connectivity index (χ4v) is 3.04. The van der Waals surface area contributed by atoms with E-state index in [1.54, 1.807) is 6.92 Å². The number of Topliss-reactive ketones (excluding diaryl/α,β-unsaturated/α-hetero) is 1. The maximum atomic E-state index is 12.9. The summed E-state index contributed by atoms with van der Waals surface area (Å²) in [6.07, 6.45) is 3.62. The first kappa shape index (κ1) is 19.4. The van der Waals surface area contributed by atoms with E-state index in [2.05, 4.69) is 0 Å². The number of allylic oxidation sites excluding steroid dienone is 4. The molecule has 0 amide bonds. The zero-order valence-corrected chi connectivity index (χ0v) is 14.9. The van der Waals surface area contributed by atoms with E-state index in [-0.39, 0.29) is 34.6 Å². The van der Waals surface area contributed by atoms with Crippen LogP contribution in [0.3, 0.4) is 0 Å². The molecule has 2 rings (SSSR count). The van der Waals surface area contributed by atoms with E-state index in [4.69, 9.17) is 0 Å². The maximum absolute atomic E-state index is 12.9. The molecule has 1 unspecified atom stereocenters. The van der Waals surface area contributed by atoms with E-state index in [1.165, 1.54) is 0 Å². The average molecular weight is 358 g/mol. The zero-order chi connectivity index (χ0) is 19.6. The summed E-state index contributed by atoms with van der Waals surface area (Å²) in [6.45, 7) is 5.32. The molecule has 0 aromatic heterocycles. The molecule has 0 radical (unpaired) electrons. The van der Waals surface area contributed by atoms with E-state index in [9.17, 15) is 29.7 Å². The molecule has 1 aromatic carbocycles. The summed E-state index contributed by atoms with van der Waals surface area (Å²) in [7, 11) is 0. The molecule has 2 atom stereocenters. The number of carboxylic acid groups (broad SMARTS) is 1. The number of phenolic OH excluding ortho intramolecular Hbond substituents is 2. The van der Waals surface area contributed by atoms with Crippen molar-refractivity contribution in [3.8, 4) is 11.5 Å². The van der Waals surface area contributed by atoms with Crippen molar-refractivity contribution >= 4 is 17.5 Å². The fraction of sp³-hybridized carbons (Fsp3) is 0.350. The van der Waals surface area contributed by atoms with Gasteiger partial charge in [-0.2, -0.15) is 0 Å². The number of carbonyl (C=O) groups excluding carboxylic acids is 2. The minimum Gasteiger partial charge on any atom is -0.507 e. The summed E-state index contributed by atoms with van der Waals surface area (Å²) in [5, 5.41) is 29.1. The number of aliphatic carboxylic acids is 1. The minimum atomic E-state index is -0.983. The normalized spacial score (nSPS) is 15.7. The molecule has 6 heteroatoms. The van der Waals surface area contributed by atoms with Crippen LogP contribution in [0, 0.1) is 11.8 Å². The van der Waals surface area contributed by atoms with Gasteiger partial charge >= 0.3 is 5.97 Å². The highest BCUT2D eigenvalue weighted by atomic mass is 16.4. The van der Waals surface area contributed by atoms with Gasteiger partial charge in [0.1, 0.15) is 11.5 Å². The van der Waals surface area contributed by atoms with Crippen LogP contribution in [0.2, 0.25) is 0 Å². The second-order valence-corrected chi connectivity index (χ2v) is 6.84. The van der Waals surface area contributed by atoms with Gasteiger partial charge in [-0.05, 0) is 50.8 Å². The number of hydrogen-bond acceptors (Lipinski definition) is 5. The molecular formula is C20H22O6. The minimum absolute atomic E-state index is 0.161. The van der Waals surface area contributed by atoms with Gasteiger partial charge < -0.3 is 15.3 Å². The van der Waals surface area contributed by atoms with Crippen molar-refractivity contribution in [2.75, 3.05) is 0 Å². The Kier molecular flexibility index (Phi) is 5.65. The molecule has 3 N–H and O–H groups in total. The summed E-state index contributed by atoms with van der Waals surface area (Å²) < 4.78 is 0. The topological polar surface area (TPSA) is 112 Å². The van der Waals surface area contributed by atoms with Gasteiger partial charge in [-0.3, -0.25) is 14.4 Å². The van der Waals surface area contributed by atoms with Gasteiger partial charge in [-0.25, -0.2) is 0 Å². The largest absolute Gasteiger partial charge is 0.507 e. The van der Waals surface area contributed by atoms with Gasteiger partial charge in [0.05, 0.1) is 17.0 Å². The van der Waals surface area contributed by atoms with Crippen LogP contribution >= 0.6 is 0 Å². The van der Waals surface area contributed by atoms with Gasteiger partial charge in [-0.1, -0.05) is 18.6 Å². The lowest BCUT2D eigenvalue weighted by Gasteiger charge is -2.24. The number of aromatic hydroxyl groups is 2. The number of ketones is 2. The Morgan fingerprint density at radius 2 is 1.69 bits per heavy atom. The van der Waals surface area contributed by atoms with Crippen LogP contribution in [0.4, 0.5) is 0 Å². The highest BCUT2D eigenvalue weighted by Crippen LogP contribution is 2.38. The maximum Gasteiger partial charge on any atom is 0.306 e. The standard InChI is InChI=1S/C20H22O6/c1-10(2)4-5-12(8-11(3)20(25)26)13-9-16(23)17-14(21)6-7-15(22)18(17)19(13)24/h4,6-7,9,11-12,21-22H,5,8H2,1-3H3,(H,25,26)/t11-,12?/m0/s1. The number of hydrogen-bond donors (Lipinski definition) is 3. The molecule has 0 saturated heterocycles. The molecule has 26 heavy (non-hydrogen) atoms. The smallest absolute Gasteiger partial charge is 0.306 e. The van der Waals surface area contributed by atoms with Crippen LogP contribution in [-0.2, 0) is 4.79 Å². The lowest BCUT2D eigenvalue weighted by atomic mass is 9.78. The third-order valence-corrected chi connectivity index (χ3v) is 4.49. The number of carboxylic acids is 1. The highest BCUT2D eigenvalue weighted by molar-refractivity contribution is 6.26. The number of carbonyl (C=O) groups is 3. The molecule has 0 spiro atoms. The molecule has 0 saturated carbocycles. The molecule has 1 aliphatic carbocycles. The number of fused-ring (bicyclic) bond motifs is 1. The Balaban J connectivity index is 2.50. The van der Waals surface area contributed by atoms with Gasteiger partial charge in [0, 0.05) is 5.57 Å². The molecule has 1 aliphatic rings. The first-order valence-corrected chi connectivity index (χ1v) is 8.35. The summed E-state index contributed by atoms with van der Waals surface area (Å²) in [4.78, 5) is 36.6. The van der Waals surface area contributed by atoms with E-state index in [0.717, 1.165) is 23.8 Å². The van der Waals surface area contributed by atoms with Crippen molar-refractivity contribution in [1.29, 1.82) is 0 Å². The van der Waals surface area contributed by atoms with Crippen molar-refractivity contribution in [1.82, 2.24) is 0 Å². The van der Waals surface area contributed by atoms with E-state index < -0.39 is 29.4 Å². The number of benzene rings is 1. The molecule has 0 bridgehead atoms. The number of phenols is 2. The number of rotatable bonds is 6. The SMILES string of the molecule is CC(C)=CCC(C[C@H](C)C(=O)O)C1=CC(=O)c2c(O)ccc(O)c2C1=O. The Labute approximate surface area is 151 Å². The third kappa shape index (κ3) is 3.85. The Hall–Kier alpha value is -2.89. The molecular weight excluding hydrogens is 336 g/mol.